The van der Waals surface area contributed by atoms with E-state index in [-0.39, 0.29) is 6.42 Å². The molecule has 0 spiro atoms. The SMILES string of the molecule is CCCc1cc(=O)oc2cc(O[C@H](C)C(=O)N[C@@H](Cc3ccccc3)C(=O)O)ccc12. The lowest BCUT2D eigenvalue weighted by atomic mass is 10.1. The van der Waals surface area contributed by atoms with Crippen molar-refractivity contribution < 1.29 is 23.8 Å². The third-order valence-corrected chi connectivity index (χ3v) is 4.90. The van der Waals surface area contributed by atoms with Crippen LogP contribution in [0.2, 0.25) is 0 Å². The predicted octanol–water partition coefficient (Wildman–Crippen LogP) is 3.32. The summed E-state index contributed by atoms with van der Waals surface area (Å²) < 4.78 is 11.0. The highest BCUT2D eigenvalue weighted by Gasteiger charge is 2.24. The monoisotopic (exact) mass is 423 g/mol. The summed E-state index contributed by atoms with van der Waals surface area (Å²) in [6.45, 7) is 3.56. The van der Waals surface area contributed by atoms with Gasteiger partial charge in [-0.05, 0) is 36.6 Å². The lowest BCUT2D eigenvalue weighted by Gasteiger charge is -2.19. The predicted molar refractivity (Wildman–Crippen MR) is 116 cm³/mol. The van der Waals surface area contributed by atoms with Gasteiger partial charge in [-0.25, -0.2) is 9.59 Å². The molecule has 2 atom stereocenters. The molecule has 3 rings (SSSR count). The van der Waals surface area contributed by atoms with Gasteiger partial charge in [-0.1, -0.05) is 43.7 Å². The standard InChI is InChI=1S/C24H25NO6/c1-3-7-17-13-22(26)31-21-14-18(10-11-19(17)21)30-15(2)23(27)25-20(24(28)29)12-16-8-5-4-6-9-16/h4-6,8-11,13-15,20H,3,7,12H2,1-2H3,(H,25,27)(H,28,29)/t15-,20+/m1/s1. The van der Waals surface area contributed by atoms with Gasteiger partial charge in [0.25, 0.3) is 5.91 Å². The van der Waals surface area contributed by atoms with Crippen LogP contribution < -0.4 is 15.7 Å². The van der Waals surface area contributed by atoms with Crippen molar-refractivity contribution in [2.75, 3.05) is 0 Å². The number of nitrogens with one attached hydrogen (secondary N) is 1. The fourth-order valence-corrected chi connectivity index (χ4v) is 3.36. The zero-order valence-corrected chi connectivity index (χ0v) is 17.5. The maximum Gasteiger partial charge on any atom is 0.336 e. The smallest absolute Gasteiger partial charge is 0.336 e. The number of carbonyl (C=O) groups is 2. The Kier molecular flexibility index (Phi) is 7.07. The summed E-state index contributed by atoms with van der Waals surface area (Å²) in [4.78, 5) is 36.0. The van der Waals surface area contributed by atoms with E-state index in [1.165, 1.54) is 13.0 Å². The molecule has 1 aromatic heterocycles. The molecule has 2 aromatic carbocycles. The maximum atomic E-state index is 12.5. The normalized spacial score (nSPS) is 12.8. The number of benzene rings is 2. The van der Waals surface area contributed by atoms with Gasteiger partial charge in [0, 0.05) is 23.9 Å². The van der Waals surface area contributed by atoms with Crippen LogP contribution in [0.25, 0.3) is 11.0 Å². The molecule has 0 bridgehead atoms. The van der Waals surface area contributed by atoms with Crippen molar-refractivity contribution in [1.29, 1.82) is 0 Å². The second-order valence-electron chi connectivity index (χ2n) is 7.35. The van der Waals surface area contributed by atoms with Crippen molar-refractivity contribution >= 4 is 22.8 Å². The Balaban J connectivity index is 1.71. The van der Waals surface area contributed by atoms with Crippen LogP contribution in [0.1, 0.15) is 31.4 Å². The van der Waals surface area contributed by atoms with Crippen LogP contribution in [0.3, 0.4) is 0 Å². The molecule has 3 aromatic rings. The molecular weight excluding hydrogens is 398 g/mol. The van der Waals surface area contributed by atoms with Crippen molar-refractivity contribution in [2.45, 2.75) is 45.3 Å². The van der Waals surface area contributed by atoms with E-state index in [1.54, 1.807) is 30.3 Å². The molecule has 1 heterocycles. The average Bonchev–Trinajstić information content (AvgIpc) is 2.73. The van der Waals surface area contributed by atoms with Crippen molar-refractivity contribution in [3.63, 3.8) is 0 Å². The minimum absolute atomic E-state index is 0.163. The fourth-order valence-electron chi connectivity index (χ4n) is 3.36. The second-order valence-corrected chi connectivity index (χ2v) is 7.35. The van der Waals surface area contributed by atoms with Gasteiger partial charge in [-0.15, -0.1) is 0 Å². The number of carboxylic acids is 1. The molecule has 162 valence electrons. The number of carbonyl (C=O) groups excluding carboxylic acids is 1. The quantitative estimate of drug-likeness (QED) is 0.512. The van der Waals surface area contributed by atoms with Gasteiger partial charge < -0.3 is 19.6 Å². The number of ether oxygens (including phenoxy) is 1. The number of fused-ring (bicyclic) bond motifs is 1. The first-order valence-corrected chi connectivity index (χ1v) is 10.2. The molecular formula is C24H25NO6. The van der Waals surface area contributed by atoms with Crippen LogP contribution in [0.4, 0.5) is 0 Å². The van der Waals surface area contributed by atoms with Crippen molar-refractivity contribution in [1.82, 2.24) is 5.32 Å². The minimum Gasteiger partial charge on any atom is -0.481 e. The minimum atomic E-state index is -1.12. The highest BCUT2D eigenvalue weighted by Crippen LogP contribution is 2.24. The van der Waals surface area contributed by atoms with Crippen molar-refractivity contribution in [3.05, 3.63) is 76.1 Å². The molecule has 0 radical (unpaired) electrons. The molecule has 7 heteroatoms. The highest BCUT2D eigenvalue weighted by molar-refractivity contribution is 5.87. The lowest BCUT2D eigenvalue weighted by molar-refractivity contribution is -0.142. The summed E-state index contributed by atoms with van der Waals surface area (Å²) in [6, 6.07) is 14.5. The Morgan fingerprint density at radius 1 is 1.13 bits per heavy atom. The fraction of sp³-hybridized carbons (Fsp3) is 0.292. The van der Waals surface area contributed by atoms with Crippen molar-refractivity contribution in [2.24, 2.45) is 0 Å². The Morgan fingerprint density at radius 3 is 2.55 bits per heavy atom. The van der Waals surface area contributed by atoms with Crippen LogP contribution >= 0.6 is 0 Å². The lowest BCUT2D eigenvalue weighted by Crippen LogP contribution is -2.47. The van der Waals surface area contributed by atoms with Gasteiger partial charge in [0.2, 0.25) is 0 Å². The Hall–Kier alpha value is -3.61. The third kappa shape index (κ3) is 5.72. The molecule has 0 aliphatic heterocycles. The number of carboxylic acid groups (broad SMARTS) is 1. The molecule has 0 unspecified atom stereocenters. The van der Waals surface area contributed by atoms with E-state index in [4.69, 9.17) is 9.15 Å². The molecule has 7 nitrogen and oxygen atoms in total. The van der Waals surface area contributed by atoms with Gasteiger partial charge in [0.05, 0.1) is 0 Å². The first-order chi connectivity index (χ1) is 14.9. The van der Waals surface area contributed by atoms with Crippen LogP contribution in [0.5, 0.6) is 5.75 Å². The largest absolute Gasteiger partial charge is 0.481 e. The van der Waals surface area contributed by atoms with Crippen LogP contribution in [-0.2, 0) is 22.4 Å². The first-order valence-electron chi connectivity index (χ1n) is 10.2. The van der Waals surface area contributed by atoms with E-state index in [0.29, 0.717) is 11.3 Å². The Labute approximate surface area is 179 Å². The maximum absolute atomic E-state index is 12.5. The number of rotatable bonds is 9. The highest BCUT2D eigenvalue weighted by atomic mass is 16.5. The van der Waals surface area contributed by atoms with Crippen LogP contribution in [0, 0.1) is 0 Å². The van der Waals surface area contributed by atoms with E-state index in [2.05, 4.69) is 5.32 Å². The third-order valence-electron chi connectivity index (χ3n) is 4.90. The van der Waals surface area contributed by atoms with E-state index in [0.717, 1.165) is 29.4 Å². The number of hydrogen-bond acceptors (Lipinski definition) is 5. The zero-order chi connectivity index (χ0) is 22.4. The Morgan fingerprint density at radius 2 is 1.87 bits per heavy atom. The summed E-state index contributed by atoms with van der Waals surface area (Å²) in [6.07, 6.45) is 0.859. The number of amides is 1. The van der Waals surface area contributed by atoms with Crippen molar-refractivity contribution in [3.8, 4) is 5.75 Å². The number of hydrogen-bond donors (Lipinski definition) is 2. The molecule has 0 fully saturated rings. The molecule has 0 saturated carbocycles. The van der Waals surface area contributed by atoms with Crippen LogP contribution in [0.15, 0.2) is 63.8 Å². The summed E-state index contributed by atoms with van der Waals surface area (Å²) in [5.74, 6) is -1.33. The molecule has 0 saturated heterocycles. The zero-order valence-electron chi connectivity index (χ0n) is 17.5. The summed E-state index contributed by atoms with van der Waals surface area (Å²) >= 11 is 0. The summed E-state index contributed by atoms with van der Waals surface area (Å²) in [5.41, 5.74) is 1.64. The average molecular weight is 423 g/mol. The molecule has 31 heavy (non-hydrogen) atoms. The van der Waals surface area contributed by atoms with E-state index in [9.17, 15) is 19.5 Å². The van der Waals surface area contributed by atoms with Gasteiger partial charge in [0.1, 0.15) is 17.4 Å². The molecule has 2 N–H and O–H groups in total. The van der Waals surface area contributed by atoms with Gasteiger partial charge in [0.15, 0.2) is 6.10 Å². The molecule has 0 aliphatic carbocycles. The number of aryl methyl sites for hydroxylation is 1. The number of aliphatic carboxylic acids is 1. The Bertz CT molecular complexity index is 1120. The molecule has 1 amide bonds. The van der Waals surface area contributed by atoms with Crippen LogP contribution in [-0.4, -0.2) is 29.1 Å². The summed E-state index contributed by atoms with van der Waals surface area (Å²) in [5, 5.41) is 12.8. The van der Waals surface area contributed by atoms with E-state index >= 15 is 0 Å². The van der Waals surface area contributed by atoms with Gasteiger partial charge >= 0.3 is 11.6 Å². The van der Waals surface area contributed by atoms with E-state index < -0.39 is 29.6 Å². The summed E-state index contributed by atoms with van der Waals surface area (Å²) in [7, 11) is 0. The van der Waals surface area contributed by atoms with Gasteiger partial charge in [-0.3, -0.25) is 4.79 Å². The molecule has 0 aliphatic rings. The topological polar surface area (TPSA) is 106 Å². The second kappa shape index (κ2) is 9.93. The first kappa shape index (κ1) is 22.1. The van der Waals surface area contributed by atoms with E-state index in [1.807, 2.05) is 25.1 Å². The van der Waals surface area contributed by atoms with Gasteiger partial charge in [-0.2, -0.15) is 0 Å².